The van der Waals surface area contributed by atoms with Gasteiger partial charge in [0.1, 0.15) is 0 Å². The van der Waals surface area contributed by atoms with Crippen LogP contribution in [0.5, 0.6) is 0 Å². The molecule has 0 nitrogen and oxygen atoms in total. The first-order valence-electron chi connectivity index (χ1n) is 43.9. The molecule has 21 rings (SSSR count). The maximum atomic E-state index is 2.37. The van der Waals surface area contributed by atoms with Crippen molar-refractivity contribution in [3.8, 4) is 77.9 Å². The molecule has 0 heteroatoms. The van der Waals surface area contributed by atoms with Gasteiger partial charge in [-0.05, 0) is 528 Å². The van der Waals surface area contributed by atoms with E-state index in [0.717, 1.165) is 44.9 Å². The van der Waals surface area contributed by atoms with Crippen LogP contribution in [-0.2, 0) is 44.9 Å². The van der Waals surface area contributed by atoms with Gasteiger partial charge < -0.3 is 0 Å². The maximum Gasteiger partial charge on any atom is -0.000809 e. The van der Waals surface area contributed by atoms with E-state index in [1.807, 2.05) is 0 Å². The maximum absolute atomic E-state index is 2.37. The van der Waals surface area contributed by atoms with Crippen LogP contribution in [0.3, 0.4) is 0 Å². The number of fused-ring (bicyclic) bond motifs is 21. The predicted molar refractivity (Wildman–Crippen MR) is 515 cm³/mol. The third-order valence-corrected chi connectivity index (χ3v) is 29.4. The Kier molecular flexibility index (Phi) is 22.8. The first-order valence-corrected chi connectivity index (χ1v) is 43.9. The molecule has 0 heterocycles. The van der Waals surface area contributed by atoms with Crippen molar-refractivity contribution >= 4 is 0 Å². The molecule has 14 aromatic rings. The summed E-state index contributed by atoms with van der Waals surface area (Å²) in [6.07, 6.45) is 7.78. The number of rotatable bonds is 0. The average molecular weight is 1560 g/mol. The van der Waals surface area contributed by atoms with Gasteiger partial charge in [-0.25, -0.2) is 0 Å². The highest BCUT2D eigenvalue weighted by Crippen LogP contribution is 2.49. The smallest absolute Gasteiger partial charge is 0.000809 e. The predicted octanol–water partition coefficient (Wildman–Crippen LogP) is 31.4. The van der Waals surface area contributed by atoms with Gasteiger partial charge in [-0.1, -0.05) is 192 Å². The molecule has 0 aliphatic heterocycles. The highest BCUT2D eigenvalue weighted by atomic mass is 14.3. The molecule has 14 aromatic carbocycles. The largest absolute Gasteiger partial charge is 0.0617 e. The number of aryl methyl sites for hydroxylation is 17. The molecule has 0 aromatic heterocycles. The summed E-state index contributed by atoms with van der Waals surface area (Å²) in [4.78, 5) is 0. The molecule has 7 aliphatic rings. The molecule has 0 saturated heterocycles. The molecular formula is C119H126. The first-order chi connectivity index (χ1) is 56.6. The second kappa shape index (κ2) is 32.7. The van der Waals surface area contributed by atoms with Crippen molar-refractivity contribution in [2.24, 2.45) is 0 Å². The fraction of sp³-hybridized carbons (Fsp3) is 0.294. The van der Waals surface area contributed by atoms with Crippen molar-refractivity contribution in [1.29, 1.82) is 0 Å². The van der Waals surface area contributed by atoms with Crippen molar-refractivity contribution in [1.82, 2.24) is 0 Å². The van der Waals surface area contributed by atoms with Gasteiger partial charge in [0.2, 0.25) is 0 Å². The van der Waals surface area contributed by atoms with Crippen LogP contribution in [0.2, 0.25) is 0 Å². The van der Waals surface area contributed by atoms with Crippen LogP contribution in [0.1, 0.15) is 234 Å². The summed E-state index contributed by atoms with van der Waals surface area (Å²) in [6.45, 7) is 62.4. The van der Waals surface area contributed by atoms with E-state index in [4.69, 9.17) is 0 Å². The van der Waals surface area contributed by atoms with Crippen molar-refractivity contribution in [2.45, 2.75) is 239 Å². The third-order valence-electron chi connectivity index (χ3n) is 29.4. The first kappa shape index (κ1) is 83.2. The fourth-order valence-corrected chi connectivity index (χ4v) is 21.1. The normalized spacial score (nSPS) is 12.5. The summed E-state index contributed by atoms with van der Waals surface area (Å²) in [5.41, 5.74) is 81.8. The SMILES string of the molecule is Cc1cc(C)c2c(c1C)Cc1cccc(C)c1-2.Cc1cc2c(c(C)c1C)Cc1c(C)cccc1-2.Cc1cc2c(c(C)c1C)Cc1cccc(C)c1-2.Cc1ccc2c(c1)-c1c(C)cc(C)c(C)c1C2.Cc1ccc2c(c1)-c1cc(C)c(C)c(C)c1C2.Cc1ccc2c(c1)Cc1c(C)c(C)cc(C)c1-2.Cc1ccc2c(c1)Cc1c-2cc(C)c(C)c1C. The van der Waals surface area contributed by atoms with E-state index in [1.54, 1.807) is 16.7 Å². The Labute approximate surface area is 715 Å². The Morgan fingerprint density at radius 1 is 0.134 bits per heavy atom. The molecule has 0 amide bonds. The average Bonchev–Trinajstić information content (AvgIpc) is 1.62. The molecule has 602 valence electrons. The second-order valence-corrected chi connectivity index (χ2v) is 37.0. The number of hydrogen-bond donors (Lipinski definition) is 0. The van der Waals surface area contributed by atoms with Crippen molar-refractivity contribution in [3.05, 3.63) is 404 Å². The Hall–Kier alpha value is -10.9. The van der Waals surface area contributed by atoms with E-state index >= 15 is 0 Å². The zero-order valence-corrected chi connectivity index (χ0v) is 77.1. The van der Waals surface area contributed by atoms with Crippen LogP contribution >= 0.6 is 0 Å². The van der Waals surface area contributed by atoms with E-state index in [1.165, 1.54) is 295 Å². The minimum Gasteiger partial charge on any atom is -0.0617 e. The second-order valence-electron chi connectivity index (χ2n) is 37.0. The van der Waals surface area contributed by atoms with E-state index < -0.39 is 0 Å². The monoisotopic (exact) mass is 1550 g/mol. The Morgan fingerprint density at radius 3 is 0.975 bits per heavy atom. The Morgan fingerprint density at radius 2 is 0.454 bits per heavy atom. The summed E-state index contributed by atoms with van der Waals surface area (Å²) in [5.74, 6) is 0. The molecule has 0 saturated carbocycles. The molecule has 0 bridgehead atoms. The lowest BCUT2D eigenvalue weighted by Crippen LogP contribution is -1.93. The van der Waals surface area contributed by atoms with Crippen molar-refractivity contribution in [3.63, 3.8) is 0 Å². The van der Waals surface area contributed by atoms with Crippen LogP contribution in [0.25, 0.3) is 77.9 Å². The lowest BCUT2D eigenvalue weighted by Gasteiger charge is -2.12. The Bertz CT molecular complexity index is 6540. The van der Waals surface area contributed by atoms with Crippen LogP contribution in [0.15, 0.2) is 170 Å². The summed E-state index contributed by atoms with van der Waals surface area (Å²) >= 11 is 0. The zero-order valence-electron chi connectivity index (χ0n) is 77.1. The fourth-order valence-electron chi connectivity index (χ4n) is 21.1. The summed E-state index contributed by atoms with van der Waals surface area (Å²) in [6, 6.07) is 63.8. The van der Waals surface area contributed by atoms with Crippen molar-refractivity contribution in [2.75, 3.05) is 0 Å². The van der Waals surface area contributed by atoms with E-state index in [0.29, 0.717) is 0 Å². The number of benzene rings is 14. The molecule has 0 spiro atoms. The molecule has 7 aliphatic carbocycles. The number of hydrogen-bond acceptors (Lipinski definition) is 0. The Balaban J connectivity index is 0.000000108. The van der Waals surface area contributed by atoms with Gasteiger partial charge in [-0.15, -0.1) is 0 Å². The van der Waals surface area contributed by atoms with Gasteiger partial charge in [0.15, 0.2) is 0 Å². The summed E-state index contributed by atoms with van der Waals surface area (Å²) in [7, 11) is 0. The van der Waals surface area contributed by atoms with Crippen LogP contribution < -0.4 is 0 Å². The molecule has 0 N–H and O–H groups in total. The molecule has 0 radical (unpaired) electrons. The highest BCUT2D eigenvalue weighted by Gasteiger charge is 2.30. The quantitative estimate of drug-likeness (QED) is 0.142. The van der Waals surface area contributed by atoms with Gasteiger partial charge >= 0.3 is 0 Å². The zero-order chi connectivity index (χ0) is 85.1. The van der Waals surface area contributed by atoms with Crippen LogP contribution in [-0.4, -0.2) is 0 Å². The highest BCUT2D eigenvalue weighted by molar-refractivity contribution is 5.88. The summed E-state index contributed by atoms with van der Waals surface area (Å²) in [5, 5.41) is 0. The van der Waals surface area contributed by atoms with E-state index in [2.05, 4.69) is 364 Å². The summed E-state index contributed by atoms with van der Waals surface area (Å²) < 4.78 is 0. The molecule has 0 fully saturated rings. The van der Waals surface area contributed by atoms with Gasteiger partial charge in [0.25, 0.3) is 0 Å². The molecule has 119 heavy (non-hydrogen) atoms. The van der Waals surface area contributed by atoms with Gasteiger partial charge in [0, 0.05) is 0 Å². The van der Waals surface area contributed by atoms with Crippen LogP contribution in [0.4, 0.5) is 0 Å². The topological polar surface area (TPSA) is 0 Å². The van der Waals surface area contributed by atoms with E-state index in [9.17, 15) is 0 Å². The molecule has 0 atom stereocenters. The molecular weight excluding hydrogens is 1430 g/mol. The van der Waals surface area contributed by atoms with Gasteiger partial charge in [-0.2, -0.15) is 0 Å². The lowest BCUT2D eigenvalue weighted by atomic mass is 9.92. The third kappa shape index (κ3) is 15.2. The van der Waals surface area contributed by atoms with E-state index in [-0.39, 0.29) is 0 Å². The minimum absolute atomic E-state index is 1.11. The van der Waals surface area contributed by atoms with Crippen LogP contribution in [0, 0.1) is 194 Å². The minimum atomic E-state index is 1.11. The standard InChI is InChI=1S/7C17H18/c1-10-5-6-15-14(7-10)9-16-13(4)12(3)11(2)8-17(15)16;1-10-5-6-14-9-15-13(4)12(3)11(2)8-17(15)16(14)7-10;1-10-5-6-15-14(7-10)9-16-13(4)11(2)8-12(3)17(15)16;1-10-5-6-14-9-15-13(4)11(2)8-12(3)17(15)16(14)7-10;1-10-6-5-7-14-15(10)9-16-13(4)12(3)11(2)8-17(14)16;1-10-6-5-7-14-9-15-13(4)12(3)11(2)8-16(15)17(10)14;1-10-6-5-7-14-9-15-13(4)11(2)8-12(3)17(15)16(10)14/h7*5-8H,9H2,1-4H3. The van der Waals surface area contributed by atoms with Gasteiger partial charge in [0.05, 0.1) is 0 Å². The molecule has 0 unspecified atom stereocenters. The van der Waals surface area contributed by atoms with Gasteiger partial charge in [-0.3, -0.25) is 0 Å². The lowest BCUT2D eigenvalue weighted by molar-refractivity contribution is 1.15. The van der Waals surface area contributed by atoms with Crippen molar-refractivity contribution < 1.29 is 0 Å².